The zero-order valence-corrected chi connectivity index (χ0v) is 10.5. The van der Waals surface area contributed by atoms with Crippen LogP contribution in [0.4, 0.5) is 0 Å². The number of carboxylic acids is 1. The molecule has 1 aromatic heterocycles. The van der Waals surface area contributed by atoms with Crippen LogP contribution in [0.25, 0.3) is 0 Å². The molecule has 1 aliphatic heterocycles. The maximum Gasteiger partial charge on any atom is 0.303 e. The van der Waals surface area contributed by atoms with E-state index in [1.54, 1.807) is 0 Å². The molecule has 0 amide bonds. The van der Waals surface area contributed by atoms with Gasteiger partial charge in [-0.05, 0) is 24.6 Å². The van der Waals surface area contributed by atoms with Crippen molar-refractivity contribution in [2.75, 3.05) is 13.1 Å². The molecule has 1 aromatic rings. The smallest absolute Gasteiger partial charge is 0.303 e. The number of aromatic nitrogens is 1. The van der Waals surface area contributed by atoms with Crippen LogP contribution in [-0.4, -0.2) is 34.0 Å². The fraction of sp³-hybridized carbons (Fsp3) is 0.538. The van der Waals surface area contributed by atoms with Crippen molar-refractivity contribution >= 4 is 5.97 Å². The fourth-order valence-corrected chi connectivity index (χ4v) is 2.31. The summed E-state index contributed by atoms with van der Waals surface area (Å²) in [5.74, 6) is -0.873. The highest BCUT2D eigenvalue weighted by Crippen LogP contribution is 2.16. The van der Waals surface area contributed by atoms with Gasteiger partial charge in [0.2, 0.25) is 0 Å². The summed E-state index contributed by atoms with van der Waals surface area (Å²) < 4.78 is 0. The first-order valence-corrected chi connectivity index (χ1v) is 6.28. The zero-order valence-electron chi connectivity index (χ0n) is 10.5. The Bertz CT molecular complexity index is 507. The van der Waals surface area contributed by atoms with E-state index in [0.29, 0.717) is 12.0 Å². The van der Waals surface area contributed by atoms with Gasteiger partial charge in [0.05, 0.1) is 0 Å². The van der Waals surface area contributed by atoms with Gasteiger partial charge < -0.3 is 10.1 Å². The number of aliphatic carboxylic acids is 1. The molecule has 5 nitrogen and oxygen atoms in total. The Morgan fingerprint density at radius 2 is 2.33 bits per heavy atom. The molecule has 0 spiro atoms. The maximum atomic E-state index is 11.8. The van der Waals surface area contributed by atoms with Crippen molar-refractivity contribution < 1.29 is 9.90 Å². The first kappa shape index (κ1) is 12.8. The van der Waals surface area contributed by atoms with Gasteiger partial charge in [-0.3, -0.25) is 14.5 Å². The summed E-state index contributed by atoms with van der Waals surface area (Å²) in [6.45, 7) is 4.90. The van der Waals surface area contributed by atoms with E-state index < -0.39 is 5.97 Å². The average molecular weight is 250 g/mol. The van der Waals surface area contributed by atoms with Crippen LogP contribution in [0.15, 0.2) is 10.9 Å². The number of aryl methyl sites for hydroxylation is 1. The summed E-state index contributed by atoms with van der Waals surface area (Å²) in [6.07, 6.45) is 1.15. The maximum absolute atomic E-state index is 11.8. The topological polar surface area (TPSA) is 73.4 Å². The van der Waals surface area contributed by atoms with Crippen molar-refractivity contribution in [2.45, 2.75) is 32.7 Å². The number of fused-ring (bicyclic) bond motifs is 1. The number of rotatable bonds is 4. The predicted octanol–water partition coefficient (Wildman–Crippen LogP) is 0.770. The lowest BCUT2D eigenvalue weighted by atomic mass is 10.0. The second-order valence-corrected chi connectivity index (χ2v) is 4.64. The van der Waals surface area contributed by atoms with Gasteiger partial charge in [0.1, 0.15) is 0 Å². The van der Waals surface area contributed by atoms with Gasteiger partial charge in [0.15, 0.2) is 0 Å². The molecule has 98 valence electrons. The summed E-state index contributed by atoms with van der Waals surface area (Å²) in [7, 11) is 0. The van der Waals surface area contributed by atoms with Gasteiger partial charge in [0, 0.05) is 37.2 Å². The fourth-order valence-electron chi connectivity index (χ4n) is 2.31. The number of aromatic amines is 1. The Morgan fingerprint density at radius 3 is 3.00 bits per heavy atom. The van der Waals surface area contributed by atoms with Gasteiger partial charge in [-0.25, -0.2) is 0 Å². The second-order valence-electron chi connectivity index (χ2n) is 4.64. The zero-order chi connectivity index (χ0) is 13.1. The monoisotopic (exact) mass is 250 g/mol. The molecule has 18 heavy (non-hydrogen) atoms. The minimum atomic E-state index is -0.873. The van der Waals surface area contributed by atoms with Crippen LogP contribution in [0.3, 0.4) is 0 Å². The van der Waals surface area contributed by atoms with E-state index in [2.05, 4.69) is 16.8 Å². The molecule has 0 unspecified atom stereocenters. The Morgan fingerprint density at radius 1 is 1.56 bits per heavy atom. The number of hydrogen-bond acceptors (Lipinski definition) is 3. The van der Waals surface area contributed by atoms with Crippen LogP contribution >= 0.6 is 0 Å². The van der Waals surface area contributed by atoms with E-state index in [9.17, 15) is 9.59 Å². The Kier molecular flexibility index (Phi) is 3.81. The van der Waals surface area contributed by atoms with E-state index in [1.807, 2.05) is 6.07 Å². The number of nitrogens with zero attached hydrogens (tertiary/aromatic N) is 1. The molecule has 0 atom stereocenters. The summed E-state index contributed by atoms with van der Waals surface area (Å²) in [5, 5.41) is 8.66. The third-order valence-electron chi connectivity index (χ3n) is 3.42. The molecular formula is C13H18N2O3. The Labute approximate surface area is 105 Å². The van der Waals surface area contributed by atoms with Crippen LogP contribution in [0.1, 0.15) is 30.2 Å². The van der Waals surface area contributed by atoms with Crippen molar-refractivity contribution in [1.82, 2.24) is 9.88 Å². The highest BCUT2D eigenvalue weighted by molar-refractivity contribution is 5.67. The number of carboxylic acid groups (broad SMARTS) is 1. The number of likely N-dealkylation sites (N-methyl/N-ethyl adjacent to an activating group) is 1. The molecule has 0 aromatic carbocycles. The second kappa shape index (κ2) is 5.35. The highest BCUT2D eigenvalue weighted by atomic mass is 16.4. The lowest BCUT2D eigenvalue weighted by Gasteiger charge is -2.27. The lowest BCUT2D eigenvalue weighted by molar-refractivity contribution is -0.136. The molecule has 2 heterocycles. The Hall–Kier alpha value is -1.62. The number of H-pyrrole nitrogens is 1. The number of pyridine rings is 1. The van der Waals surface area contributed by atoms with Crippen LogP contribution in [0.2, 0.25) is 0 Å². The first-order chi connectivity index (χ1) is 8.60. The molecule has 2 rings (SSSR count). The van der Waals surface area contributed by atoms with Crippen LogP contribution < -0.4 is 5.56 Å². The third kappa shape index (κ3) is 2.79. The van der Waals surface area contributed by atoms with E-state index in [0.717, 1.165) is 37.3 Å². The standard InChI is InChI=1S/C13H18N2O3/c1-2-15-6-5-11-10(8-15)7-9(13(18)14-11)3-4-12(16)17/h7H,2-6,8H2,1H3,(H,14,18)(H,16,17). The van der Waals surface area contributed by atoms with Crippen molar-refractivity contribution in [3.05, 3.63) is 33.2 Å². The van der Waals surface area contributed by atoms with Gasteiger partial charge in [-0.2, -0.15) is 0 Å². The molecule has 0 radical (unpaired) electrons. The lowest BCUT2D eigenvalue weighted by Crippen LogP contribution is -2.32. The van der Waals surface area contributed by atoms with Crippen molar-refractivity contribution in [3.8, 4) is 0 Å². The van der Waals surface area contributed by atoms with Crippen molar-refractivity contribution in [3.63, 3.8) is 0 Å². The summed E-state index contributed by atoms with van der Waals surface area (Å²) in [5.41, 5.74) is 2.57. The van der Waals surface area contributed by atoms with Gasteiger partial charge in [0.25, 0.3) is 5.56 Å². The molecule has 2 N–H and O–H groups in total. The van der Waals surface area contributed by atoms with Crippen LogP contribution in [-0.2, 0) is 24.2 Å². The Balaban J connectivity index is 2.23. The third-order valence-corrected chi connectivity index (χ3v) is 3.42. The van der Waals surface area contributed by atoms with Crippen molar-refractivity contribution in [2.24, 2.45) is 0 Å². The SMILES string of the molecule is CCN1CCc2[nH]c(=O)c(CCC(=O)O)cc2C1. The number of hydrogen-bond donors (Lipinski definition) is 2. The van der Waals surface area contributed by atoms with E-state index in [-0.39, 0.29) is 12.0 Å². The molecule has 0 fully saturated rings. The molecule has 0 bridgehead atoms. The average Bonchev–Trinajstić information content (AvgIpc) is 2.35. The summed E-state index contributed by atoms with van der Waals surface area (Å²) >= 11 is 0. The van der Waals surface area contributed by atoms with Gasteiger partial charge in [-0.1, -0.05) is 6.92 Å². The van der Waals surface area contributed by atoms with Crippen molar-refractivity contribution in [1.29, 1.82) is 0 Å². The van der Waals surface area contributed by atoms with E-state index in [1.165, 1.54) is 0 Å². The molecule has 1 aliphatic rings. The van der Waals surface area contributed by atoms with Gasteiger partial charge in [-0.15, -0.1) is 0 Å². The normalized spacial score (nSPS) is 15.4. The van der Waals surface area contributed by atoms with E-state index >= 15 is 0 Å². The summed E-state index contributed by atoms with van der Waals surface area (Å²) in [6, 6.07) is 1.87. The molecule has 0 saturated carbocycles. The van der Waals surface area contributed by atoms with Gasteiger partial charge >= 0.3 is 5.97 Å². The highest BCUT2D eigenvalue weighted by Gasteiger charge is 2.17. The largest absolute Gasteiger partial charge is 0.481 e. The summed E-state index contributed by atoms with van der Waals surface area (Å²) in [4.78, 5) is 27.5. The molecule has 0 aliphatic carbocycles. The molecule has 0 saturated heterocycles. The quantitative estimate of drug-likeness (QED) is 0.828. The number of carbonyl (C=O) groups is 1. The molecule has 5 heteroatoms. The minimum Gasteiger partial charge on any atom is -0.481 e. The predicted molar refractivity (Wildman–Crippen MR) is 67.7 cm³/mol. The molecular weight excluding hydrogens is 232 g/mol. The minimum absolute atomic E-state index is 0.000636. The number of nitrogens with one attached hydrogen (secondary N) is 1. The van der Waals surface area contributed by atoms with Crippen LogP contribution in [0.5, 0.6) is 0 Å². The first-order valence-electron chi connectivity index (χ1n) is 6.28. The van der Waals surface area contributed by atoms with Crippen LogP contribution in [0, 0.1) is 0 Å². The van der Waals surface area contributed by atoms with E-state index in [4.69, 9.17) is 5.11 Å².